The van der Waals surface area contributed by atoms with Crippen LogP contribution in [0.25, 0.3) is 0 Å². The van der Waals surface area contributed by atoms with Crippen molar-refractivity contribution < 1.29 is 9.53 Å². The number of hydrogen-bond acceptors (Lipinski definition) is 3. The Bertz CT molecular complexity index is 569. The molecule has 0 aromatic heterocycles. The zero-order valence-electron chi connectivity index (χ0n) is 14.9. The first kappa shape index (κ1) is 19.5. The number of aliphatic imine (C=N–C) groups is 1. The number of carbonyl (C=O) groups is 1. The highest BCUT2D eigenvalue weighted by atomic mass is 35.5. The minimum absolute atomic E-state index is 0.00471. The summed E-state index contributed by atoms with van der Waals surface area (Å²) in [5.41, 5.74) is 1.05. The monoisotopic (exact) mass is 366 g/mol. The molecule has 1 aliphatic heterocycles. The van der Waals surface area contributed by atoms with Gasteiger partial charge in [0.25, 0.3) is 0 Å². The van der Waals surface area contributed by atoms with Crippen LogP contribution in [-0.2, 0) is 16.1 Å². The highest BCUT2D eigenvalue weighted by molar-refractivity contribution is 6.30. The van der Waals surface area contributed by atoms with E-state index in [1.54, 1.807) is 19.0 Å². The lowest BCUT2D eigenvalue weighted by Gasteiger charge is -2.24. The Balaban J connectivity index is 1.92. The van der Waals surface area contributed by atoms with Crippen LogP contribution in [0.5, 0.6) is 0 Å². The Morgan fingerprint density at radius 3 is 2.68 bits per heavy atom. The summed E-state index contributed by atoms with van der Waals surface area (Å²) in [5, 5.41) is 7.07. The molecule has 6 nitrogen and oxygen atoms in total. The molecule has 0 bridgehead atoms. The summed E-state index contributed by atoms with van der Waals surface area (Å²) >= 11 is 5.91. The predicted molar refractivity (Wildman–Crippen MR) is 101 cm³/mol. The van der Waals surface area contributed by atoms with Crippen LogP contribution in [0.4, 0.5) is 0 Å². The van der Waals surface area contributed by atoms with Gasteiger partial charge in [-0.15, -0.1) is 0 Å². The Hall–Kier alpha value is -1.79. The summed E-state index contributed by atoms with van der Waals surface area (Å²) in [5.74, 6) is 0.606. The van der Waals surface area contributed by atoms with Gasteiger partial charge in [-0.2, -0.15) is 0 Å². The van der Waals surface area contributed by atoms with Gasteiger partial charge in [-0.25, -0.2) is 4.99 Å². The van der Waals surface area contributed by atoms with Gasteiger partial charge in [0, 0.05) is 32.3 Å². The Morgan fingerprint density at radius 2 is 2.04 bits per heavy atom. The van der Waals surface area contributed by atoms with Crippen LogP contribution in [0, 0.1) is 0 Å². The molecule has 0 spiro atoms. The van der Waals surface area contributed by atoms with Crippen LogP contribution in [0.1, 0.15) is 24.8 Å². The van der Waals surface area contributed by atoms with Crippen LogP contribution in [0.2, 0.25) is 5.02 Å². The van der Waals surface area contributed by atoms with E-state index >= 15 is 0 Å². The largest absolute Gasteiger partial charge is 0.376 e. The molecular weight excluding hydrogens is 340 g/mol. The average molecular weight is 367 g/mol. The smallest absolute Gasteiger partial charge is 0.241 e. The molecule has 0 radical (unpaired) electrons. The first-order chi connectivity index (χ1) is 12.0. The number of carbonyl (C=O) groups excluding carboxylic acids is 1. The van der Waals surface area contributed by atoms with E-state index in [1.165, 1.54) is 6.42 Å². The summed E-state index contributed by atoms with van der Waals surface area (Å²) in [6.07, 6.45) is 3.56. The lowest BCUT2D eigenvalue weighted by atomic mass is 10.1. The number of halogens is 1. The number of hydrogen-bond donors (Lipinski definition) is 2. The number of rotatable bonds is 6. The van der Waals surface area contributed by atoms with Crippen molar-refractivity contribution in [2.24, 2.45) is 4.99 Å². The fraction of sp³-hybridized carbons (Fsp3) is 0.556. The second-order valence-electron chi connectivity index (χ2n) is 6.30. The standard InChI is InChI=1S/C18H27ClN4O2/c1-23(2)17(24)13-22-18(21-12-16-5-3-4-10-25-16)20-11-14-6-8-15(19)9-7-14/h6-9,16H,3-5,10-13H2,1-2H3,(H2,20,21,22). The topological polar surface area (TPSA) is 66.0 Å². The zero-order chi connectivity index (χ0) is 18.1. The lowest BCUT2D eigenvalue weighted by molar-refractivity contribution is -0.127. The molecule has 1 unspecified atom stereocenters. The summed E-state index contributed by atoms with van der Waals surface area (Å²) < 4.78 is 5.73. The zero-order valence-corrected chi connectivity index (χ0v) is 15.7. The Labute approximate surface area is 154 Å². The van der Waals surface area contributed by atoms with Crippen molar-refractivity contribution in [3.63, 3.8) is 0 Å². The number of nitrogens with one attached hydrogen (secondary N) is 2. The maximum atomic E-state index is 11.8. The van der Waals surface area contributed by atoms with Gasteiger partial charge in [0.2, 0.25) is 5.91 Å². The van der Waals surface area contributed by atoms with Crippen LogP contribution >= 0.6 is 11.6 Å². The van der Waals surface area contributed by atoms with Gasteiger partial charge in [0.05, 0.1) is 19.2 Å². The van der Waals surface area contributed by atoms with Gasteiger partial charge >= 0.3 is 0 Å². The molecule has 0 saturated carbocycles. The van der Waals surface area contributed by atoms with Crippen molar-refractivity contribution in [1.29, 1.82) is 0 Å². The first-order valence-corrected chi connectivity index (χ1v) is 9.01. The molecule has 1 heterocycles. The average Bonchev–Trinajstić information content (AvgIpc) is 2.63. The van der Waals surface area contributed by atoms with Crippen LogP contribution in [0.3, 0.4) is 0 Å². The first-order valence-electron chi connectivity index (χ1n) is 8.63. The minimum atomic E-state index is -0.00471. The van der Waals surface area contributed by atoms with Gasteiger partial charge in [-0.3, -0.25) is 4.79 Å². The number of likely N-dealkylation sites (N-methyl/N-ethyl adjacent to an activating group) is 1. The normalized spacial score (nSPS) is 17.9. The molecule has 7 heteroatoms. The SMILES string of the molecule is CN(C)C(=O)CNC(=NCc1ccc(Cl)cc1)NCC1CCCCO1. The van der Waals surface area contributed by atoms with Crippen molar-refractivity contribution in [2.75, 3.05) is 33.8 Å². The van der Waals surface area contributed by atoms with E-state index in [4.69, 9.17) is 16.3 Å². The van der Waals surface area contributed by atoms with Crippen molar-refractivity contribution in [2.45, 2.75) is 31.9 Å². The van der Waals surface area contributed by atoms with E-state index in [9.17, 15) is 4.79 Å². The lowest BCUT2D eigenvalue weighted by Crippen LogP contribution is -2.45. The molecular formula is C18H27ClN4O2. The van der Waals surface area contributed by atoms with E-state index in [2.05, 4.69) is 15.6 Å². The fourth-order valence-electron chi connectivity index (χ4n) is 2.43. The minimum Gasteiger partial charge on any atom is -0.376 e. The van der Waals surface area contributed by atoms with E-state index in [1.807, 2.05) is 24.3 Å². The highest BCUT2D eigenvalue weighted by Gasteiger charge is 2.14. The van der Waals surface area contributed by atoms with Gasteiger partial charge in [-0.05, 0) is 37.0 Å². The van der Waals surface area contributed by atoms with Gasteiger partial charge in [0.1, 0.15) is 0 Å². The summed E-state index contributed by atoms with van der Waals surface area (Å²) in [4.78, 5) is 17.9. The molecule has 1 amide bonds. The van der Waals surface area contributed by atoms with E-state index in [0.29, 0.717) is 24.1 Å². The quantitative estimate of drug-likeness (QED) is 0.597. The molecule has 1 fully saturated rings. The summed E-state index contributed by atoms with van der Waals surface area (Å²) in [6, 6.07) is 7.58. The highest BCUT2D eigenvalue weighted by Crippen LogP contribution is 2.12. The van der Waals surface area contributed by atoms with Crippen LogP contribution in [-0.4, -0.2) is 56.7 Å². The maximum Gasteiger partial charge on any atom is 0.241 e. The van der Waals surface area contributed by atoms with Crippen LogP contribution in [0.15, 0.2) is 29.3 Å². The summed E-state index contributed by atoms with van der Waals surface area (Å²) in [7, 11) is 3.47. The number of nitrogens with zero attached hydrogens (tertiary/aromatic N) is 2. The fourth-order valence-corrected chi connectivity index (χ4v) is 2.56. The summed E-state index contributed by atoms with van der Waals surface area (Å²) in [6.45, 7) is 2.21. The van der Waals surface area contributed by atoms with E-state index in [0.717, 1.165) is 25.0 Å². The van der Waals surface area contributed by atoms with Crippen LogP contribution < -0.4 is 10.6 Å². The molecule has 1 aromatic carbocycles. The van der Waals surface area contributed by atoms with Crippen molar-refractivity contribution in [1.82, 2.24) is 15.5 Å². The van der Waals surface area contributed by atoms with E-state index in [-0.39, 0.29) is 18.6 Å². The Kier molecular flexibility index (Phi) is 8.01. The molecule has 138 valence electrons. The third-order valence-corrected chi connectivity index (χ3v) is 4.26. The van der Waals surface area contributed by atoms with Gasteiger partial charge < -0.3 is 20.3 Å². The Morgan fingerprint density at radius 1 is 1.28 bits per heavy atom. The molecule has 1 aromatic rings. The molecule has 2 rings (SSSR count). The third kappa shape index (κ3) is 7.32. The molecule has 1 saturated heterocycles. The molecule has 1 atom stereocenters. The predicted octanol–water partition coefficient (Wildman–Crippen LogP) is 2.03. The number of guanidine groups is 1. The molecule has 25 heavy (non-hydrogen) atoms. The number of amides is 1. The maximum absolute atomic E-state index is 11.8. The second kappa shape index (κ2) is 10.3. The number of ether oxygens (including phenoxy) is 1. The van der Waals surface area contributed by atoms with Crippen molar-refractivity contribution >= 4 is 23.5 Å². The number of benzene rings is 1. The van der Waals surface area contributed by atoms with Crippen molar-refractivity contribution in [3.8, 4) is 0 Å². The van der Waals surface area contributed by atoms with Crippen molar-refractivity contribution in [3.05, 3.63) is 34.9 Å². The van der Waals surface area contributed by atoms with Gasteiger partial charge in [0.15, 0.2) is 5.96 Å². The van der Waals surface area contributed by atoms with E-state index < -0.39 is 0 Å². The molecule has 1 aliphatic rings. The molecule has 2 N–H and O–H groups in total. The second-order valence-corrected chi connectivity index (χ2v) is 6.74. The molecule has 0 aliphatic carbocycles. The van der Waals surface area contributed by atoms with Gasteiger partial charge in [-0.1, -0.05) is 23.7 Å². The third-order valence-electron chi connectivity index (χ3n) is 4.01.